The number of hydrogen-bond donors (Lipinski definition) is 3. The summed E-state index contributed by atoms with van der Waals surface area (Å²) in [5.41, 5.74) is 5.14. The number of nitrogens with zero attached hydrogens (tertiary/aromatic N) is 3. The summed E-state index contributed by atoms with van der Waals surface area (Å²) in [5, 5.41) is 6.62. The fourth-order valence-electron chi connectivity index (χ4n) is 1.50. The fraction of sp³-hybridized carbons (Fsp3) is 0.909. The SMILES string of the molecule is CC(C)N=C=NC(C)C.CCCCN.CCCCN=C(NC(C)C)NC(C)C. The molecule has 0 saturated carbocycles. The molecular formula is C22H50N6. The van der Waals surface area contributed by atoms with E-state index >= 15 is 0 Å². The van der Waals surface area contributed by atoms with E-state index in [2.05, 4.69) is 73.2 Å². The van der Waals surface area contributed by atoms with Crippen LogP contribution in [0.25, 0.3) is 0 Å². The molecule has 0 aliphatic carbocycles. The first-order chi connectivity index (χ1) is 13.1. The Kier molecular flexibility index (Phi) is 26.4. The second-order valence-electron chi connectivity index (χ2n) is 7.87. The van der Waals surface area contributed by atoms with Gasteiger partial charge in [-0.3, -0.25) is 4.99 Å². The molecule has 6 heteroatoms. The van der Waals surface area contributed by atoms with Gasteiger partial charge in [-0.05, 0) is 74.8 Å². The zero-order valence-corrected chi connectivity index (χ0v) is 20.5. The zero-order chi connectivity index (χ0) is 22.4. The van der Waals surface area contributed by atoms with Crippen molar-refractivity contribution in [2.75, 3.05) is 13.1 Å². The molecule has 0 bridgehead atoms. The highest BCUT2D eigenvalue weighted by molar-refractivity contribution is 5.80. The molecule has 0 aromatic heterocycles. The lowest BCUT2D eigenvalue weighted by molar-refractivity contribution is 0.652. The zero-order valence-electron chi connectivity index (χ0n) is 20.5. The van der Waals surface area contributed by atoms with Gasteiger partial charge in [0.2, 0.25) is 0 Å². The van der Waals surface area contributed by atoms with Crippen LogP contribution in [-0.4, -0.2) is 49.2 Å². The van der Waals surface area contributed by atoms with Crippen molar-refractivity contribution in [2.24, 2.45) is 20.7 Å². The lowest BCUT2D eigenvalue weighted by Crippen LogP contribution is -2.44. The number of rotatable bonds is 9. The molecule has 0 aromatic carbocycles. The van der Waals surface area contributed by atoms with E-state index < -0.39 is 0 Å². The van der Waals surface area contributed by atoms with E-state index in [9.17, 15) is 0 Å². The van der Waals surface area contributed by atoms with Gasteiger partial charge >= 0.3 is 0 Å². The molecule has 0 spiro atoms. The van der Waals surface area contributed by atoms with Crippen LogP contribution >= 0.6 is 0 Å². The molecule has 0 amide bonds. The van der Waals surface area contributed by atoms with Gasteiger partial charge in [0.25, 0.3) is 0 Å². The van der Waals surface area contributed by atoms with E-state index in [0.717, 1.165) is 25.5 Å². The second-order valence-corrected chi connectivity index (χ2v) is 7.87. The second kappa shape index (κ2) is 23.6. The van der Waals surface area contributed by atoms with Crippen LogP contribution in [-0.2, 0) is 0 Å². The van der Waals surface area contributed by atoms with Crippen LogP contribution in [0, 0.1) is 0 Å². The number of nitrogens with one attached hydrogen (secondary N) is 2. The molecule has 28 heavy (non-hydrogen) atoms. The van der Waals surface area contributed by atoms with Crippen molar-refractivity contribution in [3.63, 3.8) is 0 Å². The molecule has 0 atom stereocenters. The monoisotopic (exact) mass is 398 g/mol. The van der Waals surface area contributed by atoms with Gasteiger partial charge in [-0.1, -0.05) is 26.7 Å². The van der Waals surface area contributed by atoms with Crippen LogP contribution in [0.3, 0.4) is 0 Å². The molecule has 0 rings (SSSR count). The molecule has 0 saturated heterocycles. The van der Waals surface area contributed by atoms with Crippen molar-refractivity contribution in [2.45, 2.75) is 119 Å². The Hall–Kier alpha value is -1.39. The number of guanidine groups is 1. The first-order valence-corrected chi connectivity index (χ1v) is 11.0. The Bertz CT molecular complexity index is 368. The Balaban J connectivity index is -0.000000381. The van der Waals surface area contributed by atoms with Gasteiger partial charge in [0.05, 0.1) is 18.1 Å². The summed E-state index contributed by atoms with van der Waals surface area (Å²) in [6.07, 6.45) is 4.74. The van der Waals surface area contributed by atoms with Crippen LogP contribution in [0.15, 0.2) is 15.0 Å². The molecule has 6 nitrogen and oxygen atoms in total. The highest BCUT2D eigenvalue weighted by Gasteiger charge is 2.01. The minimum Gasteiger partial charge on any atom is -0.354 e. The van der Waals surface area contributed by atoms with E-state index in [1.807, 2.05) is 27.7 Å². The van der Waals surface area contributed by atoms with E-state index in [4.69, 9.17) is 5.73 Å². The number of unbranched alkanes of at least 4 members (excludes halogenated alkanes) is 2. The van der Waals surface area contributed by atoms with Crippen molar-refractivity contribution in [3.8, 4) is 0 Å². The number of hydrogen-bond acceptors (Lipinski definition) is 4. The third kappa shape index (κ3) is 35.7. The van der Waals surface area contributed by atoms with E-state index in [1.54, 1.807) is 0 Å². The average molecular weight is 399 g/mol. The van der Waals surface area contributed by atoms with Gasteiger partial charge in [0.1, 0.15) is 0 Å². The normalized spacial score (nSPS) is 9.82. The molecule has 0 aromatic rings. The maximum absolute atomic E-state index is 5.14. The van der Waals surface area contributed by atoms with Crippen molar-refractivity contribution in [3.05, 3.63) is 0 Å². The summed E-state index contributed by atoms with van der Waals surface area (Å²) < 4.78 is 0. The van der Waals surface area contributed by atoms with Crippen LogP contribution < -0.4 is 16.4 Å². The van der Waals surface area contributed by atoms with Gasteiger partial charge in [0.15, 0.2) is 5.96 Å². The van der Waals surface area contributed by atoms with Gasteiger partial charge < -0.3 is 16.4 Å². The Morgan fingerprint density at radius 2 is 1.21 bits per heavy atom. The Morgan fingerprint density at radius 3 is 1.46 bits per heavy atom. The molecule has 0 radical (unpaired) electrons. The van der Waals surface area contributed by atoms with Gasteiger partial charge in [-0.15, -0.1) is 0 Å². The predicted octanol–water partition coefficient (Wildman–Crippen LogP) is 4.86. The summed E-state index contributed by atoms with van der Waals surface area (Å²) in [6, 6.07) is 4.12. The molecule has 0 heterocycles. The van der Waals surface area contributed by atoms with Crippen LogP contribution in [0.2, 0.25) is 0 Å². The first-order valence-electron chi connectivity index (χ1n) is 11.0. The van der Waals surface area contributed by atoms with Gasteiger partial charge in [-0.25, -0.2) is 9.98 Å². The molecular weight excluding hydrogens is 348 g/mol. The lowest BCUT2D eigenvalue weighted by atomic mass is 10.3. The molecule has 4 N–H and O–H groups in total. The van der Waals surface area contributed by atoms with Crippen LogP contribution in [0.1, 0.15) is 94.9 Å². The summed E-state index contributed by atoms with van der Waals surface area (Å²) in [5.74, 6) is 0.934. The average Bonchev–Trinajstić information content (AvgIpc) is 2.55. The molecule has 0 fully saturated rings. The van der Waals surface area contributed by atoms with E-state index in [-0.39, 0.29) is 0 Å². The maximum atomic E-state index is 5.14. The Morgan fingerprint density at radius 1 is 0.786 bits per heavy atom. The summed E-state index contributed by atoms with van der Waals surface area (Å²) >= 11 is 0. The molecule has 168 valence electrons. The van der Waals surface area contributed by atoms with Crippen LogP contribution in [0.4, 0.5) is 0 Å². The third-order valence-corrected chi connectivity index (χ3v) is 2.82. The highest BCUT2D eigenvalue weighted by atomic mass is 15.2. The maximum Gasteiger partial charge on any atom is 0.191 e. The molecule has 0 aliphatic heterocycles. The van der Waals surface area contributed by atoms with E-state index in [1.165, 1.54) is 19.3 Å². The van der Waals surface area contributed by atoms with Crippen molar-refractivity contribution < 1.29 is 0 Å². The van der Waals surface area contributed by atoms with Crippen molar-refractivity contribution >= 4 is 12.0 Å². The first kappa shape index (κ1) is 31.3. The highest BCUT2D eigenvalue weighted by Crippen LogP contribution is 1.89. The van der Waals surface area contributed by atoms with E-state index in [0.29, 0.717) is 24.2 Å². The van der Waals surface area contributed by atoms with Gasteiger partial charge in [-0.2, -0.15) is 0 Å². The fourth-order valence-corrected chi connectivity index (χ4v) is 1.50. The molecule has 0 aliphatic rings. The topological polar surface area (TPSA) is 87.2 Å². The van der Waals surface area contributed by atoms with Gasteiger partial charge in [0, 0.05) is 18.6 Å². The lowest BCUT2D eigenvalue weighted by Gasteiger charge is -2.17. The minimum absolute atomic E-state index is 0.312. The standard InChI is InChI=1S/C11H25N3.C7H14N2.C4H11N/c1-6-7-8-12-11(13-9(2)3)14-10(4)5;1-6(2)8-5-9-7(3)4;1-2-3-4-5/h9-10H,6-8H2,1-5H3,(H2,12,13,14);6-7H,1-4H3;2-5H2,1H3. The quantitative estimate of drug-likeness (QED) is 0.294. The summed E-state index contributed by atoms with van der Waals surface area (Å²) in [7, 11) is 0. The number of nitrogens with two attached hydrogens (primary N) is 1. The Labute approximate surface area is 176 Å². The number of aliphatic imine (C=N–C) groups is 3. The molecule has 0 unspecified atom stereocenters. The summed E-state index contributed by atoms with van der Waals surface area (Å²) in [4.78, 5) is 12.4. The van der Waals surface area contributed by atoms with Crippen molar-refractivity contribution in [1.29, 1.82) is 0 Å². The summed E-state index contributed by atoms with van der Waals surface area (Å²) in [6.45, 7) is 22.6. The third-order valence-electron chi connectivity index (χ3n) is 2.82. The smallest absolute Gasteiger partial charge is 0.191 e. The minimum atomic E-state index is 0.312. The van der Waals surface area contributed by atoms with Crippen molar-refractivity contribution in [1.82, 2.24) is 10.6 Å². The largest absolute Gasteiger partial charge is 0.354 e. The van der Waals surface area contributed by atoms with Crippen LogP contribution in [0.5, 0.6) is 0 Å². The predicted molar refractivity (Wildman–Crippen MR) is 128 cm³/mol.